The fourth-order valence-corrected chi connectivity index (χ4v) is 3.68. The lowest BCUT2D eigenvalue weighted by molar-refractivity contribution is 0.368. The number of imidazole rings is 1. The third-order valence-corrected chi connectivity index (χ3v) is 5.58. The van der Waals surface area contributed by atoms with Crippen LogP contribution in [0.15, 0.2) is 49.4 Å². The van der Waals surface area contributed by atoms with Gasteiger partial charge in [0.25, 0.3) is 5.56 Å². The lowest BCUT2D eigenvalue weighted by Crippen LogP contribution is -2.37. The van der Waals surface area contributed by atoms with Crippen molar-refractivity contribution in [3.63, 3.8) is 0 Å². The maximum absolute atomic E-state index is 12.2. The maximum atomic E-state index is 12.2. The van der Waals surface area contributed by atoms with Crippen molar-refractivity contribution in [2.75, 3.05) is 0 Å². The number of aromatic hydroxyl groups is 6. The molecule has 0 aliphatic rings. The van der Waals surface area contributed by atoms with Gasteiger partial charge in [-0.3, -0.25) is 18.7 Å². The second kappa shape index (κ2) is 8.67. The predicted octanol–water partition coefficient (Wildman–Crippen LogP) is 0.664. The molecule has 0 saturated carbocycles. The minimum atomic E-state index is -0.967. The number of rotatable bonds is 1. The molecule has 0 bridgehead atoms. The van der Waals surface area contributed by atoms with Gasteiger partial charge in [-0.2, -0.15) is 0 Å². The molecule has 0 amide bonds. The standard InChI is InChI=1S/C15H10O8.C8H10N4O2/c16-6-3-7(17)11-10(4-6)23-15(14(22)13(11)21)5-1-8(18)12(20)9(19)2-5;1-10-4-9-6-5(10)7(13)12(3)8(14)11(6)2/h1-4,16-20,22H;4H,1-3H3. The zero-order valence-corrected chi connectivity index (χ0v) is 19.5. The van der Waals surface area contributed by atoms with Gasteiger partial charge in [0.2, 0.25) is 11.2 Å². The van der Waals surface area contributed by atoms with Crippen LogP contribution < -0.4 is 16.7 Å². The molecule has 0 spiro atoms. The van der Waals surface area contributed by atoms with Crippen LogP contribution in [0.4, 0.5) is 0 Å². The minimum Gasteiger partial charge on any atom is -0.508 e. The lowest BCUT2D eigenvalue weighted by Gasteiger charge is -2.09. The minimum absolute atomic E-state index is 0.0999. The van der Waals surface area contributed by atoms with Crippen LogP contribution in [0.3, 0.4) is 0 Å². The fourth-order valence-electron chi connectivity index (χ4n) is 3.68. The molecule has 0 fully saturated rings. The molecule has 6 N–H and O–H groups in total. The Labute approximate surface area is 205 Å². The van der Waals surface area contributed by atoms with Crippen LogP contribution in [0.5, 0.6) is 34.5 Å². The Morgan fingerprint density at radius 1 is 0.784 bits per heavy atom. The monoisotopic (exact) mass is 512 g/mol. The van der Waals surface area contributed by atoms with Gasteiger partial charge in [0.15, 0.2) is 34.2 Å². The van der Waals surface area contributed by atoms with Crippen molar-refractivity contribution in [1.82, 2.24) is 18.7 Å². The number of aryl methyl sites for hydroxylation is 2. The Morgan fingerprint density at radius 2 is 1.41 bits per heavy atom. The summed E-state index contributed by atoms with van der Waals surface area (Å²) in [4.78, 5) is 39.3. The van der Waals surface area contributed by atoms with E-state index < -0.39 is 39.9 Å². The van der Waals surface area contributed by atoms with Gasteiger partial charge in [-0.1, -0.05) is 0 Å². The van der Waals surface area contributed by atoms with Crippen molar-refractivity contribution in [2.24, 2.45) is 21.1 Å². The molecule has 14 nitrogen and oxygen atoms in total. The summed E-state index contributed by atoms with van der Waals surface area (Å²) in [6.07, 6.45) is 1.52. The van der Waals surface area contributed by atoms with E-state index in [1.54, 1.807) is 18.7 Å². The summed E-state index contributed by atoms with van der Waals surface area (Å²) >= 11 is 0. The van der Waals surface area contributed by atoms with Crippen molar-refractivity contribution in [1.29, 1.82) is 0 Å². The van der Waals surface area contributed by atoms with Gasteiger partial charge in [0, 0.05) is 38.8 Å². The second-order valence-electron chi connectivity index (χ2n) is 8.04. The van der Waals surface area contributed by atoms with E-state index in [1.807, 2.05) is 0 Å². The topological polar surface area (TPSA) is 213 Å². The summed E-state index contributed by atoms with van der Waals surface area (Å²) < 4.78 is 9.34. The molecule has 3 heterocycles. The molecule has 0 unspecified atom stereocenters. The van der Waals surface area contributed by atoms with E-state index >= 15 is 0 Å². The van der Waals surface area contributed by atoms with Gasteiger partial charge in [0.05, 0.1) is 6.33 Å². The highest BCUT2D eigenvalue weighted by Gasteiger charge is 2.21. The number of fused-ring (bicyclic) bond motifs is 2. The first-order chi connectivity index (χ1) is 17.3. The van der Waals surface area contributed by atoms with Crippen LogP contribution in [-0.2, 0) is 21.1 Å². The van der Waals surface area contributed by atoms with E-state index in [1.165, 1.54) is 17.9 Å². The SMILES string of the molecule is Cn1c(=O)c2c(ncn2C)n(C)c1=O.O=c1c(O)c(-c2cc(O)c(O)c(O)c2)oc2cc(O)cc(O)c12. The normalized spacial score (nSPS) is 11.0. The molecule has 3 aromatic heterocycles. The Balaban J connectivity index is 0.000000195. The summed E-state index contributed by atoms with van der Waals surface area (Å²) in [5, 5.41) is 57.2. The summed E-state index contributed by atoms with van der Waals surface area (Å²) in [5.41, 5.74) is -1.10. The zero-order chi connectivity index (χ0) is 27.3. The van der Waals surface area contributed by atoms with Crippen LogP contribution in [0.25, 0.3) is 33.5 Å². The van der Waals surface area contributed by atoms with Crippen LogP contribution >= 0.6 is 0 Å². The van der Waals surface area contributed by atoms with Crippen LogP contribution in [0.2, 0.25) is 0 Å². The zero-order valence-electron chi connectivity index (χ0n) is 19.5. The summed E-state index contributed by atoms with van der Waals surface area (Å²) in [6, 6.07) is 3.89. The van der Waals surface area contributed by atoms with E-state index in [2.05, 4.69) is 4.98 Å². The molecule has 0 saturated heterocycles. The van der Waals surface area contributed by atoms with Crippen molar-refractivity contribution < 1.29 is 35.1 Å². The molecule has 37 heavy (non-hydrogen) atoms. The van der Waals surface area contributed by atoms with Crippen molar-refractivity contribution >= 4 is 22.1 Å². The largest absolute Gasteiger partial charge is 0.508 e. The van der Waals surface area contributed by atoms with Crippen molar-refractivity contribution in [2.45, 2.75) is 0 Å². The smallest absolute Gasteiger partial charge is 0.332 e. The Bertz CT molecular complexity index is 1870. The molecule has 14 heteroatoms. The summed E-state index contributed by atoms with van der Waals surface area (Å²) in [6.45, 7) is 0. The average molecular weight is 512 g/mol. The molecule has 192 valence electrons. The molecule has 0 atom stereocenters. The van der Waals surface area contributed by atoms with E-state index in [9.17, 15) is 45.0 Å². The van der Waals surface area contributed by atoms with Crippen LogP contribution in [0, 0.1) is 0 Å². The predicted molar refractivity (Wildman–Crippen MR) is 129 cm³/mol. The number of aromatic nitrogens is 4. The molecule has 0 radical (unpaired) electrons. The highest BCUT2D eigenvalue weighted by molar-refractivity contribution is 5.88. The van der Waals surface area contributed by atoms with E-state index in [0.717, 1.165) is 28.8 Å². The number of hydrogen-bond acceptors (Lipinski definition) is 11. The first kappa shape index (κ1) is 24.7. The Kier molecular flexibility index (Phi) is 5.79. The third kappa shape index (κ3) is 3.95. The highest BCUT2D eigenvalue weighted by atomic mass is 16.4. The molecular weight excluding hydrogens is 492 g/mol. The van der Waals surface area contributed by atoms with Gasteiger partial charge in [-0.25, -0.2) is 9.78 Å². The molecular formula is C23H20N4O10. The van der Waals surface area contributed by atoms with E-state index in [4.69, 9.17) is 4.42 Å². The maximum Gasteiger partial charge on any atom is 0.332 e. The van der Waals surface area contributed by atoms with Crippen molar-refractivity contribution in [3.05, 3.63) is 61.7 Å². The van der Waals surface area contributed by atoms with E-state index in [0.29, 0.717) is 11.2 Å². The lowest BCUT2D eigenvalue weighted by atomic mass is 10.1. The molecule has 2 aromatic carbocycles. The number of phenols is 5. The van der Waals surface area contributed by atoms with Gasteiger partial charge in [-0.05, 0) is 12.1 Å². The number of nitrogens with zero attached hydrogens (tertiary/aromatic N) is 4. The number of phenolic OH excluding ortho intramolecular Hbond substituents is 5. The van der Waals surface area contributed by atoms with Gasteiger partial charge >= 0.3 is 5.69 Å². The first-order valence-corrected chi connectivity index (χ1v) is 10.4. The van der Waals surface area contributed by atoms with E-state index in [-0.39, 0.29) is 33.5 Å². The Hall–Kier alpha value is -5.40. The quantitative estimate of drug-likeness (QED) is 0.172. The van der Waals surface area contributed by atoms with Gasteiger partial charge in [-0.15, -0.1) is 0 Å². The number of benzene rings is 2. The van der Waals surface area contributed by atoms with Gasteiger partial charge in [0.1, 0.15) is 22.5 Å². The summed E-state index contributed by atoms with van der Waals surface area (Å²) in [5.74, 6) is -4.40. The third-order valence-electron chi connectivity index (χ3n) is 5.58. The molecule has 5 aromatic rings. The number of hydrogen-bond donors (Lipinski definition) is 6. The molecule has 5 rings (SSSR count). The fraction of sp³-hybridized carbons (Fsp3) is 0.130. The molecule has 0 aliphatic heterocycles. The van der Waals surface area contributed by atoms with Gasteiger partial charge < -0.3 is 39.6 Å². The average Bonchev–Trinajstić information content (AvgIpc) is 3.23. The van der Waals surface area contributed by atoms with Crippen LogP contribution in [0.1, 0.15) is 0 Å². The first-order valence-electron chi connectivity index (χ1n) is 10.4. The van der Waals surface area contributed by atoms with Crippen molar-refractivity contribution in [3.8, 4) is 45.8 Å². The highest BCUT2D eigenvalue weighted by Crippen LogP contribution is 2.42. The Morgan fingerprint density at radius 3 is 2.03 bits per heavy atom. The van der Waals surface area contributed by atoms with Crippen LogP contribution in [-0.4, -0.2) is 49.3 Å². The molecule has 0 aliphatic carbocycles. The second-order valence-corrected chi connectivity index (χ2v) is 8.04. The summed E-state index contributed by atoms with van der Waals surface area (Å²) in [7, 11) is 4.77.